The van der Waals surface area contributed by atoms with E-state index in [0.717, 1.165) is 32.7 Å². The molecule has 0 radical (unpaired) electrons. The quantitative estimate of drug-likeness (QED) is 0.598. The first-order chi connectivity index (χ1) is 7.33. The van der Waals surface area contributed by atoms with E-state index in [1.165, 1.54) is 26.2 Å². The van der Waals surface area contributed by atoms with Crippen LogP contribution in [0.25, 0.3) is 0 Å². The molecule has 90 valence electrons. The minimum absolute atomic E-state index is 0.882. The van der Waals surface area contributed by atoms with Crippen LogP contribution >= 0.6 is 0 Å². The van der Waals surface area contributed by atoms with E-state index in [0.29, 0.717) is 0 Å². The van der Waals surface area contributed by atoms with Gasteiger partial charge in [0.2, 0.25) is 0 Å². The lowest BCUT2D eigenvalue weighted by Gasteiger charge is -2.32. The molecular weight excluding hydrogens is 190 g/mol. The molecule has 4 nitrogen and oxygen atoms in total. The van der Waals surface area contributed by atoms with Crippen molar-refractivity contribution in [3.05, 3.63) is 0 Å². The van der Waals surface area contributed by atoms with Gasteiger partial charge in [0.15, 0.2) is 0 Å². The Morgan fingerprint density at radius 1 is 1.13 bits per heavy atom. The van der Waals surface area contributed by atoms with Gasteiger partial charge in [-0.05, 0) is 27.1 Å². The Balaban J connectivity index is 1.87. The summed E-state index contributed by atoms with van der Waals surface area (Å²) in [5.74, 6) is 0. The molecule has 0 amide bonds. The van der Waals surface area contributed by atoms with Gasteiger partial charge in [0.05, 0.1) is 6.61 Å². The summed E-state index contributed by atoms with van der Waals surface area (Å²) in [4.78, 5) is 4.86. The molecule has 0 unspecified atom stereocenters. The fourth-order valence-corrected chi connectivity index (χ4v) is 1.72. The van der Waals surface area contributed by atoms with Gasteiger partial charge in [0.1, 0.15) is 0 Å². The van der Waals surface area contributed by atoms with Crippen LogP contribution in [0.2, 0.25) is 0 Å². The number of piperazine rings is 1. The summed E-state index contributed by atoms with van der Waals surface area (Å²) in [6.45, 7) is 8.68. The average molecular weight is 215 g/mol. The number of ether oxygens (including phenoxy) is 1. The minimum atomic E-state index is 0.882. The first-order valence-corrected chi connectivity index (χ1v) is 5.96. The summed E-state index contributed by atoms with van der Waals surface area (Å²) in [5, 5.41) is 3.12. The van der Waals surface area contributed by atoms with Crippen LogP contribution in [-0.2, 0) is 4.74 Å². The lowest BCUT2D eigenvalue weighted by atomic mass is 10.3. The van der Waals surface area contributed by atoms with Gasteiger partial charge >= 0.3 is 0 Å². The first kappa shape index (κ1) is 12.9. The van der Waals surface area contributed by atoms with Crippen molar-refractivity contribution in [2.45, 2.75) is 6.42 Å². The van der Waals surface area contributed by atoms with E-state index in [1.54, 1.807) is 0 Å². The van der Waals surface area contributed by atoms with Gasteiger partial charge in [-0.25, -0.2) is 0 Å². The van der Waals surface area contributed by atoms with E-state index in [4.69, 9.17) is 4.74 Å². The van der Waals surface area contributed by atoms with Gasteiger partial charge < -0.3 is 15.0 Å². The maximum atomic E-state index is 5.57. The third-order valence-electron chi connectivity index (χ3n) is 2.86. The second-order valence-corrected chi connectivity index (χ2v) is 4.21. The molecule has 1 aliphatic rings. The molecular formula is C11H25N3O. The van der Waals surface area contributed by atoms with Crippen LogP contribution in [0.1, 0.15) is 6.42 Å². The Kier molecular flexibility index (Phi) is 6.92. The van der Waals surface area contributed by atoms with Gasteiger partial charge in [-0.3, -0.25) is 4.90 Å². The summed E-state index contributed by atoms with van der Waals surface area (Å²) in [5.41, 5.74) is 0. The van der Waals surface area contributed by atoms with Crippen molar-refractivity contribution in [2.24, 2.45) is 0 Å². The molecule has 1 saturated heterocycles. The summed E-state index contributed by atoms with van der Waals surface area (Å²) in [7, 11) is 4.16. The van der Waals surface area contributed by atoms with Gasteiger partial charge in [0, 0.05) is 39.3 Å². The highest BCUT2D eigenvalue weighted by molar-refractivity contribution is 4.68. The highest BCUT2D eigenvalue weighted by atomic mass is 16.5. The standard InChI is InChI=1S/C11H25N3O/c1-12-4-3-10-15-11-9-14-7-5-13(2)6-8-14/h12H,3-11H2,1-2H3. The second-order valence-electron chi connectivity index (χ2n) is 4.21. The molecule has 1 heterocycles. The number of hydrogen-bond donors (Lipinski definition) is 1. The fraction of sp³-hybridized carbons (Fsp3) is 1.00. The van der Waals surface area contributed by atoms with Crippen molar-refractivity contribution >= 4 is 0 Å². The van der Waals surface area contributed by atoms with Crippen LogP contribution in [0.4, 0.5) is 0 Å². The van der Waals surface area contributed by atoms with E-state index >= 15 is 0 Å². The van der Waals surface area contributed by atoms with Gasteiger partial charge in [0.25, 0.3) is 0 Å². The van der Waals surface area contributed by atoms with Crippen molar-refractivity contribution in [1.29, 1.82) is 0 Å². The summed E-state index contributed by atoms with van der Waals surface area (Å²) in [6.07, 6.45) is 1.11. The second kappa shape index (κ2) is 8.05. The van der Waals surface area contributed by atoms with Crippen LogP contribution in [0.3, 0.4) is 0 Å². The van der Waals surface area contributed by atoms with E-state index in [9.17, 15) is 0 Å². The summed E-state index contributed by atoms with van der Waals surface area (Å²) in [6, 6.07) is 0. The maximum Gasteiger partial charge on any atom is 0.0593 e. The van der Waals surface area contributed by atoms with Crippen LogP contribution in [0.5, 0.6) is 0 Å². The van der Waals surface area contributed by atoms with Gasteiger partial charge in [-0.15, -0.1) is 0 Å². The molecule has 15 heavy (non-hydrogen) atoms. The number of likely N-dealkylation sites (N-methyl/N-ethyl adjacent to an activating group) is 1. The minimum Gasteiger partial charge on any atom is -0.380 e. The lowest BCUT2D eigenvalue weighted by molar-refractivity contribution is 0.0810. The van der Waals surface area contributed by atoms with Gasteiger partial charge in [-0.2, -0.15) is 0 Å². The van der Waals surface area contributed by atoms with Crippen molar-refractivity contribution < 1.29 is 4.74 Å². The normalized spacial score (nSPS) is 19.6. The predicted molar refractivity (Wildman–Crippen MR) is 63.3 cm³/mol. The predicted octanol–water partition coefficient (Wildman–Crippen LogP) is -0.140. The summed E-state index contributed by atoms with van der Waals surface area (Å²) < 4.78 is 5.57. The third-order valence-corrected chi connectivity index (χ3v) is 2.86. The van der Waals surface area contributed by atoms with E-state index < -0.39 is 0 Å². The molecule has 0 spiro atoms. The fourth-order valence-electron chi connectivity index (χ4n) is 1.72. The molecule has 0 aliphatic carbocycles. The number of nitrogens with zero attached hydrogens (tertiary/aromatic N) is 2. The molecule has 1 N–H and O–H groups in total. The highest BCUT2D eigenvalue weighted by Gasteiger charge is 2.12. The van der Waals surface area contributed by atoms with E-state index in [2.05, 4.69) is 22.2 Å². The van der Waals surface area contributed by atoms with Crippen LogP contribution < -0.4 is 5.32 Å². The monoisotopic (exact) mass is 215 g/mol. The largest absolute Gasteiger partial charge is 0.380 e. The molecule has 1 fully saturated rings. The molecule has 0 aromatic carbocycles. The lowest BCUT2D eigenvalue weighted by Crippen LogP contribution is -2.45. The van der Waals surface area contributed by atoms with E-state index in [-0.39, 0.29) is 0 Å². The zero-order valence-electron chi connectivity index (χ0n) is 10.2. The Labute approximate surface area is 93.6 Å². The molecule has 4 heteroatoms. The first-order valence-electron chi connectivity index (χ1n) is 5.96. The topological polar surface area (TPSA) is 27.7 Å². The molecule has 0 aromatic rings. The average Bonchev–Trinajstić information content (AvgIpc) is 2.26. The molecule has 0 saturated carbocycles. The van der Waals surface area contributed by atoms with Crippen molar-refractivity contribution in [1.82, 2.24) is 15.1 Å². The highest BCUT2D eigenvalue weighted by Crippen LogP contribution is 1.98. The van der Waals surface area contributed by atoms with Crippen molar-refractivity contribution in [3.63, 3.8) is 0 Å². The molecule has 1 rings (SSSR count). The smallest absolute Gasteiger partial charge is 0.0593 e. The van der Waals surface area contributed by atoms with Crippen molar-refractivity contribution in [3.8, 4) is 0 Å². The Hall–Kier alpha value is -0.160. The van der Waals surface area contributed by atoms with E-state index in [1.807, 2.05) is 7.05 Å². The molecule has 0 aromatic heterocycles. The SMILES string of the molecule is CNCCCOCCN1CCN(C)CC1. The van der Waals surface area contributed by atoms with Gasteiger partial charge in [-0.1, -0.05) is 0 Å². The Morgan fingerprint density at radius 2 is 1.87 bits per heavy atom. The number of nitrogens with one attached hydrogen (secondary N) is 1. The zero-order chi connectivity index (χ0) is 10.9. The summed E-state index contributed by atoms with van der Waals surface area (Å²) >= 11 is 0. The van der Waals surface area contributed by atoms with Crippen LogP contribution in [0, 0.1) is 0 Å². The van der Waals surface area contributed by atoms with Crippen LogP contribution in [0.15, 0.2) is 0 Å². The Bertz CT molecular complexity index is 147. The zero-order valence-corrected chi connectivity index (χ0v) is 10.2. The molecule has 0 bridgehead atoms. The Morgan fingerprint density at radius 3 is 2.53 bits per heavy atom. The number of hydrogen-bond acceptors (Lipinski definition) is 4. The molecule has 1 aliphatic heterocycles. The van der Waals surface area contributed by atoms with Crippen molar-refractivity contribution in [2.75, 3.05) is 66.6 Å². The number of rotatable bonds is 7. The maximum absolute atomic E-state index is 5.57. The van der Waals surface area contributed by atoms with Crippen LogP contribution in [-0.4, -0.2) is 76.4 Å². The third kappa shape index (κ3) is 6.10. The molecule has 0 atom stereocenters.